The van der Waals surface area contributed by atoms with Gasteiger partial charge in [-0.3, -0.25) is 0 Å². The van der Waals surface area contributed by atoms with Gasteiger partial charge in [-0.05, 0) is 42.0 Å². The summed E-state index contributed by atoms with van der Waals surface area (Å²) in [6, 6.07) is 14.9. The van der Waals surface area contributed by atoms with E-state index in [-0.39, 0.29) is 5.56 Å². The second kappa shape index (κ2) is 5.96. The molecule has 0 atom stereocenters. The Hall–Kier alpha value is -3.08. The molecule has 23 heavy (non-hydrogen) atoms. The molecule has 1 aromatic heterocycles. The van der Waals surface area contributed by atoms with Crippen molar-refractivity contribution in [2.45, 2.75) is 0 Å². The standard InChI is InChI=1S/C18H17N3O2/c1-20(2)16-7-9-17(10-8-16)21-12-15(11-19-21)13-3-5-14(6-4-13)18(22)23/h3-12H,1-2H3,(H,22,23). The molecule has 0 aliphatic heterocycles. The molecule has 116 valence electrons. The molecule has 1 heterocycles. The normalized spacial score (nSPS) is 10.5. The van der Waals surface area contributed by atoms with Crippen LogP contribution < -0.4 is 4.90 Å². The fraction of sp³-hybridized carbons (Fsp3) is 0.111. The lowest BCUT2D eigenvalue weighted by atomic mass is 10.1. The first kappa shape index (κ1) is 14.8. The minimum atomic E-state index is -0.923. The molecule has 0 saturated carbocycles. The lowest BCUT2D eigenvalue weighted by Gasteiger charge is -2.12. The fourth-order valence-electron chi connectivity index (χ4n) is 2.32. The summed E-state index contributed by atoms with van der Waals surface area (Å²) in [5.74, 6) is -0.923. The van der Waals surface area contributed by atoms with E-state index in [1.165, 1.54) is 0 Å². The Morgan fingerprint density at radius 3 is 2.22 bits per heavy atom. The molecule has 3 aromatic rings. The number of aromatic carboxylic acids is 1. The van der Waals surface area contributed by atoms with Crippen LogP contribution in [0.2, 0.25) is 0 Å². The quantitative estimate of drug-likeness (QED) is 0.803. The lowest BCUT2D eigenvalue weighted by Crippen LogP contribution is -2.08. The van der Waals surface area contributed by atoms with Crippen LogP contribution >= 0.6 is 0 Å². The van der Waals surface area contributed by atoms with E-state index in [2.05, 4.69) is 5.10 Å². The summed E-state index contributed by atoms with van der Waals surface area (Å²) in [4.78, 5) is 12.9. The minimum Gasteiger partial charge on any atom is -0.478 e. The number of rotatable bonds is 4. The monoisotopic (exact) mass is 307 g/mol. The molecule has 0 fully saturated rings. The topological polar surface area (TPSA) is 58.4 Å². The number of aromatic nitrogens is 2. The zero-order valence-electron chi connectivity index (χ0n) is 13.0. The van der Waals surface area contributed by atoms with Gasteiger partial charge >= 0.3 is 5.97 Å². The second-order valence-corrected chi connectivity index (χ2v) is 5.47. The van der Waals surface area contributed by atoms with E-state index < -0.39 is 5.97 Å². The summed E-state index contributed by atoms with van der Waals surface area (Å²) in [5, 5.41) is 13.3. The molecule has 0 amide bonds. The largest absolute Gasteiger partial charge is 0.478 e. The number of carboxylic acids is 1. The van der Waals surface area contributed by atoms with Crippen LogP contribution in [-0.2, 0) is 0 Å². The molecule has 0 unspecified atom stereocenters. The zero-order chi connectivity index (χ0) is 16.4. The Balaban J connectivity index is 1.86. The van der Waals surface area contributed by atoms with Gasteiger partial charge < -0.3 is 10.0 Å². The SMILES string of the molecule is CN(C)c1ccc(-n2cc(-c3ccc(C(=O)O)cc3)cn2)cc1. The molecule has 0 aliphatic rings. The first-order valence-corrected chi connectivity index (χ1v) is 7.21. The lowest BCUT2D eigenvalue weighted by molar-refractivity contribution is 0.0697. The van der Waals surface area contributed by atoms with E-state index >= 15 is 0 Å². The third-order valence-corrected chi connectivity index (χ3v) is 3.68. The van der Waals surface area contributed by atoms with Crippen LogP contribution in [0.1, 0.15) is 10.4 Å². The predicted octanol–water partition coefficient (Wildman–Crippen LogP) is 3.30. The van der Waals surface area contributed by atoms with Crippen LogP contribution in [-0.4, -0.2) is 35.0 Å². The van der Waals surface area contributed by atoms with Gasteiger partial charge in [0, 0.05) is 31.5 Å². The van der Waals surface area contributed by atoms with Crippen LogP contribution in [0.25, 0.3) is 16.8 Å². The van der Waals surface area contributed by atoms with Crippen LogP contribution in [0.5, 0.6) is 0 Å². The summed E-state index contributed by atoms with van der Waals surface area (Å²) in [5.41, 5.74) is 4.26. The van der Waals surface area contributed by atoms with Gasteiger partial charge in [-0.25, -0.2) is 9.48 Å². The van der Waals surface area contributed by atoms with Gasteiger partial charge in [0.2, 0.25) is 0 Å². The zero-order valence-corrected chi connectivity index (χ0v) is 13.0. The molecular formula is C18H17N3O2. The second-order valence-electron chi connectivity index (χ2n) is 5.47. The van der Waals surface area contributed by atoms with Crippen molar-refractivity contribution < 1.29 is 9.90 Å². The van der Waals surface area contributed by atoms with Gasteiger partial charge in [-0.2, -0.15) is 5.10 Å². The summed E-state index contributed by atoms with van der Waals surface area (Å²) < 4.78 is 1.81. The Kier molecular flexibility index (Phi) is 3.85. The molecular weight excluding hydrogens is 290 g/mol. The highest BCUT2D eigenvalue weighted by molar-refractivity contribution is 5.88. The van der Waals surface area contributed by atoms with E-state index in [9.17, 15) is 4.79 Å². The van der Waals surface area contributed by atoms with E-state index in [1.807, 2.05) is 49.5 Å². The Morgan fingerprint density at radius 2 is 1.65 bits per heavy atom. The van der Waals surface area contributed by atoms with Crippen molar-refractivity contribution in [3.8, 4) is 16.8 Å². The number of hydrogen-bond donors (Lipinski definition) is 1. The first-order valence-electron chi connectivity index (χ1n) is 7.21. The van der Waals surface area contributed by atoms with Crippen molar-refractivity contribution >= 4 is 11.7 Å². The van der Waals surface area contributed by atoms with Gasteiger partial charge in [0.25, 0.3) is 0 Å². The van der Waals surface area contributed by atoms with Gasteiger partial charge in [-0.15, -0.1) is 0 Å². The molecule has 0 spiro atoms. The molecule has 0 saturated heterocycles. The molecule has 0 bridgehead atoms. The minimum absolute atomic E-state index is 0.278. The van der Waals surface area contributed by atoms with E-state index in [0.717, 1.165) is 22.5 Å². The Labute approximate surface area is 134 Å². The molecule has 3 rings (SSSR count). The number of nitrogens with zero attached hydrogens (tertiary/aromatic N) is 3. The number of benzene rings is 2. The average Bonchev–Trinajstić information content (AvgIpc) is 3.05. The van der Waals surface area contributed by atoms with Crippen molar-refractivity contribution in [2.24, 2.45) is 0 Å². The highest BCUT2D eigenvalue weighted by Crippen LogP contribution is 2.21. The third-order valence-electron chi connectivity index (χ3n) is 3.68. The maximum Gasteiger partial charge on any atom is 0.335 e. The van der Waals surface area contributed by atoms with Crippen molar-refractivity contribution in [3.05, 3.63) is 66.5 Å². The number of carboxylic acid groups (broad SMARTS) is 1. The fourth-order valence-corrected chi connectivity index (χ4v) is 2.32. The highest BCUT2D eigenvalue weighted by Gasteiger charge is 2.06. The molecule has 5 nitrogen and oxygen atoms in total. The van der Waals surface area contributed by atoms with Gasteiger partial charge in [-0.1, -0.05) is 12.1 Å². The number of anilines is 1. The van der Waals surface area contributed by atoms with E-state index in [1.54, 1.807) is 35.1 Å². The van der Waals surface area contributed by atoms with Crippen LogP contribution in [0.3, 0.4) is 0 Å². The maximum atomic E-state index is 10.9. The van der Waals surface area contributed by atoms with Crippen molar-refractivity contribution in [1.29, 1.82) is 0 Å². The van der Waals surface area contributed by atoms with Crippen molar-refractivity contribution in [2.75, 3.05) is 19.0 Å². The van der Waals surface area contributed by atoms with Gasteiger partial charge in [0.05, 0.1) is 17.4 Å². The summed E-state index contributed by atoms with van der Waals surface area (Å²) in [7, 11) is 4.00. The van der Waals surface area contributed by atoms with Crippen LogP contribution in [0.15, 0.2) is 60.9 Å². The molecule has 1 N–H and O–H groups in total. The van der Waals surface area contributed by atoms with Crippen LogP contribution in [0, 0.1) is 0 Å². The Morgan fingerprint density at radius 1 is 1.00 bits per heavy atom. The molecule has 0 aliphatic carbocycles. The molecule has 0 radical (unpaired) electrons. The maximum absolute atomic E-state index is 10.9. The van der Waals surface area contributed by atoms with E-state index in [0.29, 0.717) is 0 Å². The summed E-state index contributed by atoms with van der Waals surface area (Å²) >= 11 is 0. The predicted molar refractivity (Wildman–Crippen MR) is 90.3 cm³/mol. The van der Waals surface area contributed by atoms with Gasteiger partial charge in [0.1, 0.15) is 0 Å². The van der Waals surface area contributed by atoms with Crippen LogP contribution in [0.4, 0.5) is 5.69 Å². The molecule has 5 heteroatoms. The Bertz CT molecular complexity index is 818. The molecule has 2 aromatic carbocycles. The summed E-state index contributed by atoms with van der Waals surface area (Å²) in [6.45, 7) is 0. The highest BCUT2D eigenvalue weighted by atomic mass is 16.4. The van der Waals surface area contributed by atoms with Crippen molar-refractivity contribution in [3.63, 3.8) is 0 Å². The third kappa shape index (κ3) is 3.08. The summed E-state index contributed by atoms with van der Waals surface area (Å²) in [6.07, 6.45) is 3.70. The van der Waals surface area contributed by atoms with E-state index in [4.69, 9.17) is 5.11 Å². The number of carbonyl (C=O) groups is 1. The van der Waals surface area contributed by atoms with Crippen molar-refractivity contribution in [1.82, 2.24) is 9.78 Å². The van der Waals surface area contributed by atoms with Gasteiger partial charge in [0.15, 0.2) is 0 Å². The smallest absolute Gasteiger partial charge is 0.335 e. The average molecular weight is 307 g/mol. The first-order chi connectivity index (χ1) is 11.0. The number of hydrogen-bond acceptors (Lipinski definition) is 3.